The fourth-order valence-corrected chi connectivity index (χ4v) is 4.89. The Morgan fingerprint density at radius 3 is 1.35 bits per heavy atom. The van der Waals surface area contributed by atoms with E-state index in [1.54, 1.807) is 0 Å². The van der Waals surface area contributed by atoms with Crippen molar-refractivity contribution in [2.45, 2.75) is 135 Å². The summed E-state index contributed by atoms with van der Waals surface area (Å²) < 4.78 is 0.223. The zero-order chi connectivity index (χ0) is 27.6. The van der Waals surface area contributed by atoms with E-state index in [-0.39, 0.29) is 43.4 Å². The number of rotatable bonds is 28. The van der Waals surface area contributed by atoms with Crippen LogP contribution in [-0.4, -0.2) is 58.8 Å². The van der Waals surface area contributed by atoms with Crippen molar-refractivity contribution in [3.8, 4) is 0 Å². The molecule has 0 unspecified atom stereocenters. The number of carboxylic acids is 3. The van der Waals surface area contributed by atoms with Gasteiger partial charge in [0.25, 0.3) is 0 Å². The maximum atomic E-state index is 11.1. The predicted molar refractivity (Wildman–Crippen MR) is 147 cm³/mol. The number of carbonyl (C=O) groups excluding carboxylic acids is 1. The summed E-state index contributed by atoms with van der Waals surface area (Å²) in [4.78, 5) is 33.2. The molecule has 0 bridgehead atoms. The first-order chi connectivity index (χ1) is 17.8. The van der Waals surface area contributed by atoms with Gasteiger partial charge in [0.1, 0.15) is 0 Å². The number of allylic oxidation sites excluding steroid dienone is 2. The van der Waals surface area contributed by atoms with E-state index in [4.69, 9.17) is 10.2 Å². The average Bonchev–Trinajstić information content (AvgIpc) is 2.85. The molecule has 0 radical (unpaired) electrons. The highest BCUT2D eigenvalue weighted by Crippen LogP contribution is 2.17. The molecule has 0 saturated carbocycles. The number of hydrogen-bond donors (Lipinski definition) is 2. The quantitative estimate of drug-likeness (QED) is 0.0724. The Balaban J connectivity index is 3.95. The molecule has 0 aliphatic rings. The minimum atomic E-state index is -1.18. The van der Waals surface area contributed by atoms with Gasteiger partial charge < -0.3 is 24.6 Å². The third-order valence-electron chi connectivity index (χ3n) is 7.28. The standard InChI is InChI=1S/C30H55NO6/c1-2-3-4-5-6-7-8-9-10-11-12-13-14-15-16-17-18-19-20-24-31(25-21-28(32)33,26-22-29(34)35)27-23-30(36)37/h8-9H,2-7,10-27H2,1H3,(H2-,32,33,34,35,36,37)/b9-8+. The number of hydrogen-bond acceptors (Lipinski definition) is 4. The van der Waals surface area contributed by atoms with E-state index < -0.39 is 17.9 Å². The van der Waals surface area contributed by atoms with Gasteiger partial charge in [0.2, 0.25) is 0 Å². The minimum absolute atomic E-state index is 0.0952. The Kier molecular flexibility index (Phi) is 23.2. The van der Waals surface area contributed by atoms with E-state index in [2.05, 4.69) is 19.1 Å². The largest absolute Gasteiger partial charge is 0.550 e. The molecule has 0 atom stereocenters. The van der Waals surface area contributed by atoms with E-state index in [1.807, 2.05) is 0 Å². The summed E-state index contributed by atoms with van der Waals surface area (Å²) >= 11 is 0. The first-order valence-electron chi connectivity index (χ1n) is 14.9. The molecule has 7 nitrogen and oxygen atoms in total. The highest BCUT2D eigenvalue weighted by molar-refractivity contribution is 5.67. The van der Waals surface area contributed by atoms with Crippen LogP contribution in [0, 0.1) is 0 Å². The van der Waals surface area contributed by atoms with E-state index in [0.29, 0.717) is 6.54 Å². The average molecular weight is 526 g/mol. The number of unbranched alkanes of at least 4 members (excludes halogenated alkanes) is 15. The number of carbonyl (C=O) groups is 3. The van der Waals surface area contributed by atoms with E-state index in [0.717, 1.165) is 19.3 Å². The van der Waals surface area contributed by atoms with Crippen LogP contribution in [0.3, 0.4) is 0 Å². The van der Waals surface area contributed by atoms with Crippen molar-refractivity contribution in [2.75, 3.05) is 26.2 Å². The molecule has 0 spiro atoms. The molecule has 0 rings (SSSR count). The lowest BCUT2D eigenvalue weighted by Crippen LogP contribution is -2.53. The molecule has 7 heteroatoms. The van der Waals surface area contributed by atoms with Crippen LogP contribution in [-0.2, 0) is 14.4 Å². The minimum Gasteiger partial charge on any atom is -0.550 e. The van der Waals surface area contributed by atoms with Crippen molar-refractivity contribution in [2.24, 2.45) is 0 Å². The molecule has 0 aromatic heterocycles. The lowest BCUT2D eigenvalue weighted by atomic mass is 10.0. The van der Waals surface area contributed by atoms with Crippen molar-refractivity contribution in [3.63, 3.8) is 0 Å². The number of nitrogens with zero attached hydrogens (tertiary/aromatic N) is 1. The van der Waals surface area contributed by atoms with Gasteiger partial charge in [-0.05, 0) is 38.5 Å². The van der Waals surface area contributed by atoms with Crippen LogP contribution in [0.2, 0.25) is 0 Å². The smallest absolute Gasteiger partial charge is 0.309 e. The van der Waals surface area contributed by atoms with Crippen molar-refractivity contribution in [1.29, 1.82) is 0 Å². The topological polar surface area (TPSA) is 115 Å². The molecule has 0 aliphatic carbocycles. The Bertz CT molecular complexity index is 574. The van der Waals surface area contributed by atoms with Crippen LogP contribution in [0.4, 0.5) is 0 Å². The monoisotopic (exact) mass is 525 g/mol. The van der Waals surface area contributed by atoms with Gasteiger partial charge in [-0.1, -0.05) is 89.7 Å². The van der Waals surface area contributed by atoms with Gasteiger partial charge in [0.05, 0.1) is 39.0 Å². The van der Waals surface area contributed by atoms with Gasteiger partial charge in [0, 0.05) is 12.4 Å². The molecule has 0 amide bonds. The van der Waals surface area contributed by atoms with Crippen molar-refractivity contribution >= 4 is 17.9 Å². The second-order valence-corrected chi connectivity index (χ2v) is 10.6. The number of carboxylic acid groups (broad SMARTS) is 3. The zero-order valence-corrected chi connectivity index (χ0v) is 23.6. The maximum Gasteiger partial charge on any atom is 0.309 e. The first-order valence-corrected chi connectivity index (χ1v) is 14.9. The molecule has 0 heterocycles. The summed E-state index contributed by atoms with van der Waals surface area (Å²) in [5.74, 6) is -3.08. The Morgan fingerprint density at radius 2 is 0.946 bits per heavy atom. The summed E-state index contributed by atoms with van der Waals surface area (Å²) in [5, 5.41) is 29.2. The molecule has 216 valence electrons. The molecular weight excluding hydrogens is 470 g/mol. The summed E-state index contributed by atoms with van der Waals surface area (Å²) in [5.41, 5.74) is 0. The molecule has 37 heavy (non-hydrogen) atoms. The summed E-state index contributed by atoms with van der Waals surface area (Å²) in [7, 11) is 0. The fourth-order valence-electron chi connectivity index (χ4n) is 4.89. The molecular formula is C30H55NO6. The second-order valence-electron chi connectivity index (χ2n) is 10.6. The molecule has 0 saturated heterocycles. The lowest BCUT2D eigenvalue weighted by Gasteiger charge is -2.38. The van der Waals surface area contributed by atoms with Crippen LogP contribution in [0.5, 0.6) is 0 Å². The Hall–Kier alpha value is -1.89. The molecule has 0 aliphatic heterocycles. The Labute approximate surface area is 225 Å². The Morgan fingerprint density at radius 1 is 0.568 bits per heavy atom. The molecule has 0 aromatic carbocycles. The van der Waals surface area contributed by atoms with Crippen molar-refractivity contribution in [3.05, 3.63) is 12.2 Å². The van der Waals surface area contributed by atoms with Gasteiger partial charge in [-0.25, -0.2) is 0 Å². The zero-order valence-electron chi connectivity index (χ0n) is 23.6. The highest BCUT2D eigenvalue weighted by atomic mass is 16.4. The van der Waals surface area contributed by atoms with E-state index in [9.17, 15) is 19.5 Å². The number of aliphatic carboxylic acids is 3. The van der Waals surface area contributed by atoms with Crippen molar-refractivity contribution < 1.29 is 34.2 Å². The van der Waals surface area contributed by atoms with Gasteiger partial charge >= 0.3 is 11.9 Å². The van der Waals surface area contributed by atoms with Crippen LogP contribution in [0.15, 0.2) is 12.2 Å². The predicted octanol–water partition coefficient (Wildman–Crippen LogP) is 6.10. The summed E-state index contributed by atoms with van der Waals surface area (Å²) in [6.45, 7) is 3.59. The van der Waals surface area contributed by atoms with Crippen LogP contribution in [0.1, 0.15) is 135 Å². The third-order valence-corrected chi connectivity index (χ3v) is 7.28. The SMILES string of the molecule is CCCCCCC/C=C/CCCCCCCCCCCC[N+](CCC(=O)[O-])(CCC(=O)O)CCC(=O)O. The van der Waals surface area contributed by atoms with E-state index >= 15 is 0 Å². The summed E-state index contributed by atoms with van der Waals surface area (Å²) in [6, 6.07) is 0. The fraction of sp³-hybridized carbons (Fsp3) is 0.833. The third kappa shape index (κ3) is 24.2. The van der Waals surface area contributed by atoms with E-state index in [1.165, 1.54) is 89.9 Å². The maximum absolute atomic E-state index is 11.1. The lowest BCUT2D eigenvalue weighted by molar-refractivity contribution is -0.927. The molecule has 0 fully saturated rings. The van der Waals surface area contributed by atoms with Crippen LogP contribution >= 0.6 is 0 Å². The van der Waals surface area contributed by atoms with Gasteiger partial charge in [-0.15, -0.1) is 0 Å². The molecule has 0 aromatic rings. The van der Waals surface area contributed by atoms with Crippen molar-refractivity contribution in [1.82, 2.24) is 0 Å². The normalized spacial score (nSPS) is 11.8. The van der Waals surface area contributed by atoms with Crippen LogP contribution in [0.25, 0.3) is 0 Å². The molecule has 2 N–H and O–H groups in total. The summed E-state index contributed by atoms with van der Waals surface area (Å²) in [6.07, 6.45) is 25.3. The van der Waals surface area contributed by atoms with Gasteiger partial charge in [-0.3, -0.25) is 9.59 Å². The number of quaternary nitrogens is 1. The van der Waals surface area contributed by atoms with Gasteiger partial charge in [-0.2, -0.15) is 0 Å². The van der Waals surface area contributed by atoms with Crippen LogP contribution < -0.4 is 5.11 Å². The van der Waals surface area contributed by atoms with Gasteiger partial charge in [0.15, 0.2) is 0 Å². The first kappa shape index (κ1) is 35.1. The second kappa shape index (κ2) is 24.4. The highest BCUT2D eigenvalue weighted by Gasteiger charge is 2.28.